The first-order chi connectivity index (χ1) is 9.29. The molecule has 0 amide bonds. The molecule has 19 heavy (non-hydrogen) atoms. The zero-order valence-electron chi connectivity index (χ0n) is 11.9. The molecule has 0 unspecified atom stereocenters. The van der Waals surface area contributed by atoms with Crippen LogP contribution in [0, 0.1) is 0 Å². The highest BCUT2D eigenvalue weighted by molar-refractivity contribution is 7.80. The molecule has 0 aliphatic carbocycles. The fourth-order valence-electron chi connectivity index (χ4n) is 1.78. The SMILES string of the molecule is CCCCN(C(=S)NCCCOC)c1ccccc1. The highest BCUT2D eigenvalue weighted by Crippen LogP contribution is 2.14. The molecule has 0 spiro atoms. The molecule has 0 radical (unpaired) electrons. The van der Waals surface area contributed by atoms with E-state index in [0.29, 0.717) is 0 Å². The topological polar surface area (TPSA) is 24.5 Å². The van der Waals surface area contributed by atoms with Gasteiger partial charge in [0.25, 0.3) is 0 Å². The molecule has 4 heteroatoms. The van der Waals surface area contributed by atoms with Gasteiger partial charge in [0.2, 0.25) is 0 Å². The summed E-state index contributed by atoms with van der Waals surface area (Å²) >= 11 is 5.49. The van der Waals surface area contributed by atoms with E-state index in [0.717, 1.165) is 49.8 Å². The van der Waals surface area contributed by atoms with Crippen molar-refractivity contribution in [2.75, 3.05) is 31.7 Å². The standard InChI is InChI=1S/C15H24N2OS/c1-3-4-12-17(14-9-6-5-7-10-14)15(19)16-11-8-13-18-2/h5-7,9-10H,3-4,8,11-13H2,1-2H3,(H,16,19). The fourth-order valence-corrected chi connectivity index (χ4v) is 2.08. The molecular formula is C15H24N2OS. The van der Waals surface area contributed by atoms with Crippen LogP contribution in [-0.2, 0) is 4.74 Å². The molecule has 0 heterocycles. The second kappa shape index (κ2) is 9.75. The average molecular weight is 280 g/mol. The van der Waals surface area contributed by atoms with Crippen LogP contribution >= 0.6 is 12.2 Å². The van der Waals surface area contributed by atoms with Crippen molar-refractivity contribution in [3.63, 3.8) is 0 Å². The van der Waals surface area contributed by atoms with Crippen LogP contribution in [0.2, 0.25) is 0 Å². The molecule has 0 atom stereocenters. The van der Waals surface area contributed by atoms with E-state index < -0.39 is 0 Å². The van der Waals surface area contributed by atoms with E-state index in [1.165, 1.54) is 0 Å². The van der Waals surface area contributed by atoms with Crippen LogP contribution in [-0.4, -0.2) is 31.9 Å². The minimum atomic E-state index is 0.760. The van der Waals surface area contributed by atoms with Crippen molar-refractivity contribution in [3.8, 4) is 0 Å². The average Bonchev–Trinajstić information content (AvgIpc) is 2.45. The second-order valence-electron chi connectivity index (χ2n) is 4.42. The van der Waals surface area contributed by atoms with Gasteiger partial charge in [-0.15, -0.1) is 0 Å². The first-order valence-electron chi connectivity index (χ1n) is 6.89. The van der Waals surface area contributed by atoms with E-state index in [-0.39, 0.29) is 0 Å². The van der Waals surface area contributed by atoms with E-state index in [9.17, 15) is 0 Å². The number of thiocarbonyl (C=S) groups is 1. The Bertz CT molecular complexity index is 356. The van der Waals surface area contributed by atoms with Crippen molar-refractivity contribution < 1.29 is 4.74 Å². The number of rotatable bonds is 8. The summed E-state index contributed by atoms with van der Waals surface area (Å²) in [5, 5.41) is 4.10. The zero-order chi connectivity index (χ0) is 13.9. The number of para-hydroxylation sites is 1. The molecule has 0 aliphatic rings. The molecule has 0 saturated heterocycles. The van der Waals surface area contributed by atoms with Gasteiger partial charge in [-0.25, -0.2) is 0 Å². The smallest absolute Gasteiger partial charge is 0.173 e. The Morgan fingerprint density at radius 1 is 1.26 bits per heavy atom. The predicted octanol–water partition coefficient (Wildman–Crippen LogP) is 3.20. The Hall–Kier alpha value is -1.13. The number of hydrogen-bond acceptors (Lipinski definition) is 2. The summed E-state index contributed by atoms with van der Waals surface area (Å²) in [5.41, 5.74) is 1.15. The number of unbranched alkanes of at least 4 members (excludes halogenated alkanes) is 1. The van der Waals surface area contributed by atoms with E-state index in [1.807, 2.05) is 18.2 Å². The third kappa shape index (κ3) is 6.03. The number of nitrogens with one attached hydrogen (secondary N) is 1. The summed E-state index contributed by atoms with van der Waals surface area (Å²) in [6.45, 7) is 4.76. The van der Waals surface area contributed by atoms with Gasteiger partial charge >= 0.3 is 0 Å². The van der Waals surface area contributed by atoms with Gasteiger partial charge in [0.15, 0.2) is 5.11 Å². The number of ether oxygens (including phenoxy) is 1. The van der Waals surface area contributed by atoms with Crippen molar-refractivity contribution in [2.24, 2.45) is 0 Å². The zero-order valence-corrected chi connectivity index (χ0v) is 12.7. The van der Waals surface area contributed by atoms with Crippen molar-refractivity contribution in [1.29, 1.82) is 0 Å². The van der Waals surface area contributed by atoms with Crippen LogP contribution in [0.15, 0.2) is 30.3 Å². The lowest BCUT2D eigenvalue weighted by Gasteiger charge is -2.26. The van der Waals surface area contributed by atoms with E-state index >= 15 is 0 Å². The van der Waals surface area contributed by atoms with E-state index in [2.05, 4.69) is 29.3 Å². The minimum absolute atomic E-state index is 0.760. The molecule has 1 aromatic carbocycles. The maximum atomic E-state index is 5.49. The molecule has 1 aromatic rings. The lowest BCUT2D eigenvalue weighted by atomic mass is 10.2. The molecule has 0 bridgehead atoms. The van der Waals surface area contributed by atoms with Gasteiger partial charge in [-0.1, -0.05) is 31.5 Å². The third-order valence-corrected chi connectivity index (χ3v) is 3.21. The molecule has 3 nitrogen and oxygen atoms in total. The molecule has 0 aromatic heterocycles. The van der Waals surface area contributed by atoms with Crippen LogP contribution < -0.4 is 10.2 Å². The van der Waals surface area contributed by atoms with Crippen LogP contribution in [0.4, 0.5) is 5.69 Å². The van der Waals surface area contributed by atoms with Gasteiger partial charge < -0.3 is 15.0 Å². The largest absolute Gasteiger partial charge is 0.385 e. The molecule has 1 N–H and O–H groups in total. The number of nitrogens with zero attached hydrogens (tertiary/aromatic N) is 1. The molecule has 0 aliphatic heterocycles. The lowest BCUT2D eigenvalue weighted by molar-refractivity contribution is 0.195. The molecule has 0 fully saturated rings. The van der Waals surface area contributed by atoms with Crippen LogP contribution in [0.25, 0.3) is 0 Å². The molecule has 0 saturated carbocycles. The second-order valence-corrected chi connectivity index (χ2v) is 4.81. The molecule has 1 rings (SSSR count). The van der Waals surface area contributed by atoms with Gasteiger partial charge in [0.1, 0.15) is 0 Å². The van der Waals surface area contributed by atoms with Gasteiger partial charge in [-0.3, -0.25) is 0 Å². The minimum Gasteiger partial charge on any atom is -0.385 e. The predicted molar refractivity (Wildman–Crippen MR) is 85.8 cm³/mol. The van der Waals surface area contributed by atoms with Gasteiger partial charge in [0.05, 0.1) is 0 Å². The fraction of sp³-hybridized carbons (Fsp3) is 0.533. The number of hydrogen-bond donors (Lipinski definition) is 1. The lowest BCUT2D eigenvalue weighted by Crippen LogP contribution is -2.41. The van der Waals surface area contributed by atoms with Crippen LogP contribution in [0.3, 0.4) is 0 Å². The van der Waals surface area contributed by atoms with Gasteiger partial charge in [-0.05, 0) is 37.2 Å². The summed E-state index contributed by atoms with van der Waals surface area (Å²) in [4.78, 5) is 2.17. The normalized spacial score (nSPS) is 10.2. The summed E-state index contributed by atoms with van der Waals surface area (Å²) in [5.74, 6) is 0. The summed E-state index contributed by atoms with van der Waals surface area (Å²) in [6, 6.07) is 10.3. The maximum absolute atomic E-state index is 5.49. The maximum Gasteiger partial charge on any atom is 0.173 e. The van der Waals surface area contributed by atoms with Crippen molar-refractivity contribution in [1.82, 2.24) is 5.32 Å². The van der Waals surface area contributed by atoms with Gasteiger partial charge in [0, 0.05) is 32.5 Å². The highest BCUT2D eigenvalue weighted by atomic mass is 32.1. The summed E-state index contributed by atoms with van der Waals surface area (Å²) in [7, 11) is 1.72. The molecule has 106 valence electrons. The Morgan fingerprint density at radius 2 is 2.00 bits per heavy atom. The third-order valence-electron chi connectivity index (χ3n) is 2.85. The molecular weight excluding hydrogens is 256 g/mol. The highest BCUT2D eigenvalue weighted by Gasteiger charge is 2.10. The Morgan fingerprint density at radius 3 is 2.63 bits per heavy atom. The summed E-state index contributed by atoms with van der Waals surface area (Å²) < 4.78 is 5.04. The van der Waals surface area contributed by atoms with E-state index in [4.69, 9.17) is 17.0 Å². The summed E-state index contributed by atoms with van der Waals surface area (Å²) in [6.07, 6.45) is 3.26. The number of anilines is 1. The van der Waals surface area contributed by atoms with Crippen LogP contribution in [0.1, 0.15) is 26.2 Å². The number of methoxy groups -OCH3 is 1. The van der Waals surface area contributed by atoms with Crippen molar-refractivity contribution >= 4 is 23.0 Å². The van der Waals surface area contributed by atoms with Crippen molar-refractivity contribution in [3.05, 3.63) is 30.3 Å². The van der Waals surface area contributed by atoms with E-state index in [1.54, 1.807) is 7.11 Å². The quantitative estimate of drug-likeness (QED) is 0.584. The monoisotopic (exact) mass is 280 g/mol. The van der Waals surface area contributed by atoms with Crippen LogP contribution in [0.5, 0.6) is 0 Å². The Balaban J connectivity index is 2.55. The van der Waals surface area contributed by atoms with Crippen molar-refractivity contribution in [2.45, 2.75) is 26.2 Å². The van der Waals surface area contributed by atoms with Gasteiger partial charge in [-0.2, -0.15) is 0 Å². The first-order valence-corrected chi connectivity index (χ1v) is 7.29. The number of benzene rings is 1. The first kappa shape index (κ1) is 15.9. The Kier molecular flexibility index (Phi) is 8.18. The Labute approximate surface area is 121 Å².